The molecule has 0 saturated carbocycles. The van der Waals surface area contributed by atoms with Crippen molar-refractivity contribution in [1.82, 2.24) is 0 Å². The third-order valence-corrected chi connectivity index (χ3v) is 4.90. The summed E-state index contributed by atoms with van der Waals surface area (Å²) in [5.41, 5.74) is 8.12. The van der Waals surface area contributed by atoms with Gasteiger partial charge in [-0.2, -0.15) is 5.10 Å². The van der Waals surface area contributed by atoms with Crippen LogP contribution in [0.2, 0.25) is 5.02 Å². The Balaban J connectivity index is 1.69. The van der Waals surface area contributed by atoms with Gasteiger partial charge in [-0.05, 0) is 73.4 Å². The first-order chi connectivity index (χ1) is 14.1. The molecule has 4 nitrogen and oxygen atoms in total. The third kappa shape index (κ3) is 5.75. The van der Waals surface area contributed by atoms with Crippen molar-refractivity contribution in [3.63, 3.8) is 0 Å². The number of hydrogen-bond acceptors (Lipinski definition) is 4. The van der Waals surface area contributed by atoms with Gasteiger partial charge >= 0.3 is 0 Å². The number of aryl methyl sites for hydroxylation is 2. The molecule has 3 rings (SSSR count). The summed E-state index contributed by atoms with van der Waals surface area (Å²) in [7, 11) is 0. The average Bonchev–Trinajstić information content (AvgIpc) is 2.71. The monoisotopic (exact) mass is 408 g/mol. The van der Waals surface area contributed by atoms with Gasteiger partial charge in [0.2, 0.25) is 0 Å². The van der Waals surface area contributed by atoms with Crippen molar-refractivity contribution in [2.24, 2.45) is 5.10 Å². The molecule has 0 atom stereocenters. The summed E-state index contributed by atoms with van der Waals surface area (Å²) in [5, 5.41) is 5.00. The largest absolute Gasteiger partial charge is 0.490 e. The van der Waals surface area contributed by atoms with Gasteiger partial charge in [-0.15, -0.1) is 0 Å². The fraction of sp³-hybridized carbons (Fsp3) is 0.208. The Labute approximate surface area is 177 Å². The molecule has 0 saturated heterocycles. The van der Waals surface area contributed by atoms with E-state index in [0.29, 0.717) is 29.7 Å². The first-order valence-electron chi connectivity index (χ1n) is 9.56. The molecular formula is C24H25ClN2O2. The van der Waals surface area contributed by atoms with Crippen molar-refractivity contribution in [2.45, 2.75) is 27.4 Å². The van der Waals surface area contributed by atoms with Gasteiger partial charge in [-0.3, -0.25) is 5.43 Å². The van der Waals surface area contributed by atoms with Crippen molar-refractivity contribution < 1.29 is 9.47 Å². The van der Waals surface area contributed by atoms with E-state index in [1.807, 2.05) is 62.4 Å². The molecule has 0 aliphatic rings. The lowest BCUT2D eigenvalue weighted by Crippen LogP contribution is -2.01. The first kappa shape index (κ1) is 20.7. The van der Waals surface area contributed by atoms with E-state index < -0.39 is 0 Å². The standard InChI is InChI=1S/C24H25ClN2O2/c1-4-28-24-13-19(15-26-27-21-11-9-18(3)22(25)14-21)10-12-23(24)29-16-20-8-6-5-7-17(20)2/h5-15,27H,4,16H2,1-3H3. The Hall–Kier alpha value is -2.98. The molecule has 0 aromatic heterocycles. The number of rotatable bonds is 8. The minimum absolute atomic E-state index is 0.496. The molecule has 0 bridgehead atoms. The van der Waals surface area contributed by atoms with E-state index in [4.69, 9.17) is 21.1 Å². The van der Waals surface area contributed by atoms with Gasteiger partial charge in [0, 0.05) is 5.02 Å². The summed E-state index contributed by atoms with van der Waals surface area (Å²) >= 11 is 6.14. The maximum Gasteiger partial charge on any atom is 0.161 e. The molecule has 0 unspecified atom stereocenters. The first-order valence-corrected chi connectivity index (χ1v) is 9.94. The van der Waals surface area contributed by atoms with E-state index in [-0.39, 0.29) is 0 Å². The number of benzene rings is 3. The zero-order chi connectivity index (χ0) is 20.6. The summed E-state index contributed by atoms with van der Waals surface area (Å²) in [6.07, 6.45) is 1.74. The second kappa shape index (κ2) is 9.99. The van der Waals surface area contributed by atoms with Crippen LogP contribution < -0.4 is 14.9 Å². The van der Waals surface area contributed by atoms with Crippen molar-refractivity contribution in [2.75, 3.05) is 12.0 Å². The quantitative estimate of drug-likeness (QED) is 0.347. The molecule has 0 aliphatic carbocycles. The number of nitrogens with zero attached hydrogens (tertiary/aromatic N) is 1. The van der Waals surface area contributed by atoms with Crippen LogP contribution in [0.1, 0.15) is 29.2 Å². The number of anilines is 1. The fourth-order valence-corrected chi connectivity index (χ4v) is 2.94. The number of hydrazone groups is 1. The second-order valence-corrected chi connectivity index (χ2v) is 7.10. The van der Waals surface area contributed by atoms with Gasteiger partial charge in [0.1, 0.15) is 6.61 Å². The number of halogens is 1. The molecule has 3 aromatic carbocycles. The Morgan fingerprint density at radius 1 is 0.931 bits per heavy atom. The van der Waals surface area contributed by atoms with E-state index in [1.165, 1.54) is 5.56 Å². The van der Waals surface area contributed by atoms with Crippen LogP contribution in [0.4, 0.5) is 5.69 Å². The highest BCUT2D eigenvalue weighted by atomic mass is 35.5. The lowest BCUT2D eigenvalue weighted by atomic mass is 10.1. The van der Waals surface area contributed by atoms with Crippen molar-refractivity contribution in [1.29, 1.82) is 0 Å². The topological polar surface area (TPSA) is 42.8 Å². The molecule has 150 valence electrons. The smallest absolute Gasteiger partial charge is 0.161 e. The van der Waals surface area contributed by atoms with E-state index >= 15 is 0 Å². The molecule has 3 aromatic rings. The van der Waals surface area contributed by atoms with Crippen LogP contribution in [0, 0.1) is 13.8 Å². The highest BCUT2D eigenvalue weighted by Gasteiger charge is 2.07. The predicted molar refractivity (Wildman–Crippen MR) is 121 cm³/mol. The minimum atomic E-state index is 0.496. The maximum absolute atomic E-state index is 6.14. The molecule has 0 radical (unpaired) electrons. The molecular weight excluding hydrogens is 384 g/mol. The molecule has 0 amide bonds. The van der Waals surface area contributed by atoms with Gasteiger partial charge in [0.15, 0.2) is 11.5 Å². The van der Waals surface area contributed by atoms with Gasteiger partial charge in [0.05, 0.1) is 18.5 Å². The SMILES string of the molecule is CCOc1cc(C=NNc2ccc(C)c(Cl)c2)ccc1OCc1ccccc1C. The van der Waals surface area contributed by atoms with Gasteiger partial charge in [-0.25, -0.2) is 0 Å². The van der Waals surface area contributed by atoms with Crippen LogP contribution in [-0.4, -0.2) is 12.8 Å². The zero-order valence-electron chi connectivity index (χ0n) is 16.9. The van der Waals surface area contributed by atoms with Gasteiger partial charge in [0.25, 0.3) is 0 Å². The second-order valence-electron chi connectivity index (χ2n) is 6.69. The summed E-state index contributed by atoms with van der Waals surface area (Å²) in [6, 6.07) is 19.7. The molecule has 5 heteroatoms. The van der Waals surface area contributed by atoms with Gasteiger partial charge in [-0.1, -0.05) is 41.9 Å². The fourth-order valence-electron chi connectivity index (χ4n) is 2.76. The summed E-state index contributed by atoms with van der Waals surface area (Å²) in [5.74, 6) is 1.41. The minimum Gasteiger partial charge on any atom is -0.490 e. The van der Waals surface area contributed by atoms with Crippen LogP contribution in [-0.2, 0) is 6.61 Å². The van der Waals surface area contributed by atoms with Crippen molar-refractivity contribution in [3.05, 3.63) is 87.9 Å². The van der Waals surface area contributed by atoms with Crippen LogP contribution in [0.5, 0.6) is 11.5 Å². The van der Waals surface area contributed by atoms with Crippen LogP contribution in [0.15, 0.2) is 65.8 Å². The van der Waals surface area contributed by atoms with E-state index in [9.17, 15) is 0 Å². The van der Waals surface area contributed by atoms with Crippen LogP contribution in [0.25, 0.3) is 0 Å². The van der Waals surface area contributed by atoms with Crippen molar-refractivity contribution in [3.8, 4) is 11.5 Å². The van der Waals surface area contributed by atoms with Crippen LogP contribution in [0.3, 0.4) is 0 Å². The zero-order valence-corrected chi connectivity index (χ0v) is 17.7. The number of nitrogens with one attached hydrogen (secondary N) is 1. The lowest BCUT2D eigenvalue weighted by molar-refractivity contribution is 0.269. The Kier molecular flexibility index (Phi) is 7.14. The molecule has 1 N–H and O–H groups in total. The van der Waals surface area contributed by atoms with Crippen molar-refractivity contribution >= 4 is 23.5 Å². The maximum atomic E-state index is 6.14. The summed E-state index contributed by atoms with van der Waals surface area (Å²) in [4.78, 5) is 0. The van der Waals surface area contributed by atoms with Gasteiger partial charge < -0.3 is 9.47 Å². The highest BCUT2D eigenvalue weighted by Crippen LogP contribution is 2.29. The average molecular weight is 409 g/mol. The lowest BCUT2D eigenvalue weighted by Gasteiger charge is -2.13. The van der Waals surface area contributed by atoms with E-state index in [1.54, 1.807) is 6.21 Å². The van der Waals surface area contributed by atoms with E-state index in [2.05, 4.69) is 29.6 Å². The summed E-state index contributed by atoms with van der Waals surface area (Å²) in [6.45, 7) is 7.05. The predicted octanol–water partition coefficient (Wildman–Crippen LogP) is 6.38. The molecule has 0 fully saturated rings. The highest BCUT2D eigenvalue weighted by molar-refractivity contribution is 6.31. The van der Waals surface area contributed by atoms with E-state index in [0.717, 1.165) is 22.4 Å². The Morgan fingerprint density at radius 3 is 2.52 bits per heavy atom. The molecule has 0 spiro atoms. The number of hydrogen-bond donors (Lipinski definition) is 1. The molecule has 29 heavy (non-hydrogen) atoms. The molecule has 0 heterocycles. The normalized spacial score (nSPS) is 10.9. The Morgan fingerprint density at radius 2 is 1.76 bits per heavy atom. The Bertz CT molecular complexity index is 1000. The number of ether oxygens (including phenoxy) is 2. The van der Waals surface area contributed by atoms with Crippen LogP contribution >= 0.6 is 11.6 Å². The summed E-state index contributed by atoms with van der Waals surface area (Å²) < 4.78 is 11.8. The molecule has 0 aliphatic heterocycles. The third-order valence-electron chi connectivity index (χ3n) is 4.49.